The van der Waals surface area contributed by atoms with E-state index in [1.807, 2.05) is 96.8 Å². The Balaban J connectivity index is 1.55. The Kier molecular flexibility index (Phi) is 7.51. The molecular weight excluding hydrogens is 466 g/mol. The molecule has 0 unspecified atom stereocenters. The summed E-state index contributed by atoms with van der Waals surface area (Å²) in [6.45, 7) is 3.52. The van der Waals surface area contributed by atoms with Crippen LogP contribution in [0.5, 0.6) is 17.4 Å². The Morgan fingerprint density at radius 3 is 2.46 bits per heavy atom. The lowest BCUT2D eigenvalue weighted by Gasteiger charge is -2.26. The van der Waals surface area contributed by atoms with Crippen molar-refractivity contribution in [2.75, 3.05) is 20.3 Å². The van der Waals surface area contributed by atoms with E-state index in [0.29, 0.717) is 36.0 Å². The molecule has 37 heavy (non-hydrogen) atoms. The van der Waals surface area contributed by atoms with Crippen LogP contribution in [0.1, 0.15) is 34.5 Å². The predicted octanol–water partition coefficient (Wildman–Crippen LogP) is 5.80. The second-order valence-electron chi connectivity index (χ2n) is 9.08. The normalized spacial score (nSPS) is 14.9. The quantitative estimate of drug-likeness (QED) is 0.292. The van der Waals surface area contributed by atoms with Crippen LogP contribution < -0.4 is 9.47 Å². The van der Waals surface area contributed by atoms with Gasteiger partial charge >= 0.3 is 0 Å². The fourth-order valence-electron chi connectivity index (χ4n) is 4.55. The van der Waals surface area contributed by atoms with Gasteiger partial charge in [-0.15, -0.1) is 0 Å². The number of ether oxygens (including phenoxy) is 3. The second-order valence-corrected chi connectivity index (χ2v) is 9.08. The Morgan fingerprint density at radius 2 is 1.76 bits per heavy atom. The summed E-state index contributed by atoms with van der Waals surface area (Å²) in [6, 6.07) is 26.7. The number of para-hydroxylation sites is 1. The van der Waals surface area contributed by atoms with E-state index in [-0.39, 0.29) is 12.0 Å². The van der Waals surface area contributed by atoms with Crippen molar-refractivity contribution >= 4 is 5.91 Å². The maximum Gasteiger partial charge on any atom is 0.254 e. The topological polar surface area (TPSA) is 65.8 Å². The summed E-state index contributed by atoms with van der Waals surface area (Å²) >= 11 is 0. The number of aryl methyl sites for hydroxylation is 1. The molecule has 1 fully saturated rings. The molecule has 1 aliphatic rings. The van der Waals surface area contributed by atoms with E-state index in [9.17, 15) is 4.79 Å². The molecule has 190 valence electrons. The molecule has 5 rings (SSSR count). The van der Waals surface area contributed by atoms with Crippen molar-refractivity contribution in [3.05, 3.63) is 102 Å². The van der Waals surface area contributed by atoms with Gasteiger partial charge in [-0.2, -0.15) is 5.10 Å². The van der Waals surface area contributed by atoms with Crippen LogP contribution in [0.25, 0.3) is 5.69 Å². The van der Waals surface area contributed by atoms with Crippen LogP contribution >= 0.6 is 0 Å². The monoisotopic (exact) mass is 497 g/mol. The molecule has 0 radical (unpaired) electrons. The van der Waals surface area contributed by atoms with E-state index < -0.39 is 0 Å². The average molecular weight is 498 g/mol. The second kappa shape index (κ2) is 11.3. The number of rotatable bonds is 9. The third-order valence-corrected chi connectivity index (χ3v) is 6.50. The van der Waals surface area contributed by atoms with Crippen molar-refractivity contribution in [2.45, 2.75) is 32.4 Å². The van der Waals surface area contributed by atoms with E-state index in [1.165, 1.54) is 0 Å². The standard InChI is InChI=1S/C30H31N3O4/c1-22-28(21-32(20-27-17-10-18-36-27)29(34)23-11-5-3-6-12-23)30(33(31-22)24-13-7-4-8-14-24)37-26-16-9-15-25(19-26)35-2/h3-9,11-16,19,27H,10,17-18,20-21H2,1-2H3/t27-/m0/s1. The number of carbonyl (C=O) groups excluding carboxylic acids is 1. The smallest absolute Gasteiger partial charge is 0.254 e. The summed E-state index contributed by atoms with van der Waals surface area (Å²) in [6.07, 6.45) is 1.96. The van der Waals surface area contributed by atoms with Crippen LogP contribution in [0, 0.1) is 6.92 Å². The summed E-state index contributed by atoms with van der Waals surface area (Å²) in [5, 5.41) is 4.83. The van der Waals surface area contributed by atoms with Crippen LogP contribution in [0.3, 0.4) is 0 Å². The highest BCUT2D eigenvalue weighted by atomic mass is 16.5. The number of amides is 1. The zero-order chi connectivity index (χ0) is 25.6. The van der Waals surface area contributed by atoms with E-state index in [0.717, 1.165) is 36.4 Å². The van der Waals surface area contributed by atoms with Crippen molar-refractivity contribution in [2.24, 2.45) is 0 Å². The van der Waals surface area contributed by atoms with Gasteiger partial charge in [-0.1, -0.05) is 42.5 Å². The molecule has 1 atom stereocenters. The van der Waals surface area contributed by atoms with E-state index in [2.05, 4.69) is 0 Å². The van der Waals surface area contributed by atoms with Crippen LogP contribution in [0.2, 0.25) is 0 Å². The van der Waals surface area contributed by atoms with E-state index >= 15 is 0 Å². The molecule has 3 aromatic carbocycles. The largest absolute Gasteiger partial charge is 0.497 e. The van der Waals surface area contributed by atoms with Crippen LogP contribution in [0.15, 0.2) is 84.9 Å². The number of nitrogens with zero attached hydrogens (tertiary/aromatic N) is 3. The number of methoxy groups -OCH3 is 1. The first-order valence-electron chi connectivity index (χ1n) is 12.5. The Labute approximate surface area is 217 Å². The van der Waals surface area contributed by atoms with Crippen LogP contribution in [-0.4, -0.2) is 47.0 Å². The minimum atomic E-state index is -0.0460. The molecule has 1 saturated heterocycles. The van der Waals surface area contributed by atoms with Gasteiger partial charge in [-0.05, 0) is 56.2 Å². The molecule has 1 aliphatic heterocycles. The van der Waals surface area contributed by atoms with Gasteiger partial charge in [-0.3, -0.25) is 4.79 Å². The van der Waals surface area contributed by atoms with Gasteiger partial charge in [0.15, 0.2) is 0 Å². The number of carbonyl (C=O) groups is 1. The molecule has 0 aliphatic carbocycles. The van der Waals surface area contributed by atoms with Gasteiger partial charge in [-0.25, -0.2) is 4.68 Å². The summed E-state index contributed by atoms with van der Waals surface area (Å²) in [5.74, 6) is 1.84. The third-order valence-electron chi connectivity index (χ3n) is 6.50. The highest BCUT2D eigenvalue weighted by Gasteiger charge is 2.28. The highest BCUT2D eigenvalue weighted by Crippen LogP contribution is 2.33. The Bertz CT molecular complexity index is 1330. The molecule has 7 heteroatoms. The molecule has 2 heterocycles. The molecule has 4 aromatic rings. The number of aromatic nitrogens is 2. The van der Waals surface area contributed by atoms with Crippen molar-refractivity contribution in [1.29, 1.82) is 0 Å². The van der Waals surface area contributed by atoms with Crippen molar-refractivity contribution in [1.82, 2.24) is 14.7 Å². The van der Waals surface area contributed by atoms with Crippen LogP contribution in [0.4, 0.5) is 0 Å². The summed E-state index contributed by atoms with van der Waals surface area (Å²) in [7, 11) is 1.63. The summed E-state index contributed by atoms with van der Waals surface area (Å²) < 4.78 is 19.6. The molecule has 1 amide bonds. The Hall–Kier alpha value is -4.10. The maximum atomic E-state index is 13.7. The molecule has 0 spiro atoms. The summed E-state index contributed by atoms with van der Waals surface area (Å²) in [4.78, 5) is 15.5. The lowest BCUT2D eigenvalue weighted by molar-refractivity contribution is 0.0505. The molecule has 0 N–H and O–H groups in total. The molecule has 1 aromatic heterocycles. The highest BCUT2D eigenvalue weighted by molar-refractivity contribution is 5.94. The van der Waals surface area contributed by atoms with Gasteiger partial charge in [0.05, 0.1) is 36.7 Å². The minimum absolute atomic E-state index is 0.0138. The molecular formula is C30H31N3O4. The van der Waals surface area contributed by atoms with Gasteiger partial charge in [0.2, 0.25) is 5.88 Å². The summed E-state index contributed by atoms with van der Waals surface area (Å²) in [5.41, 5.74) is 3.15. The fourth-order valence-corrected chi connectivity index (χ4v) is 4.55. The minimum Gasteiger partial charge on any atom is -0.497 e. The first-order valence-corrected chi connectivity index (χ1v) is 12.5. The Morgan fingerprint density at radius 1 is 1.03 bits per heavy atom. The number of hydrogen-bond acceptors (Lipinski definition) is 5. The van der Waals surface area contributed by atoms with Crippen molar-refractivity contribution in [3.63, 3.8) is 0 Å². The average Bonchev–Trinajstić information content (AvgIpc) is 3.57. The van der Waals surface area contributed by atoms with E-state index in [1.54, 1.807) is 11.8 Å². The van der Waals surface area contributed by atoms with Gasteiger partial charge in [0, 0.05) is 24.8 Å². The fraction of sp³-hybridized carbons (Fsp3) is 0.267. The lowest BCUT2D eigenvalue weighted by atomic mass is 10.1. The predicted molar refractivity (Wildman–Crippen MR) is 142 cm³/mol. The van der Waals surface area contributed by atoms with Crippen molar-refractivity contribution in [3.8, 4) is 23.1 Å². The molecule has 0 bridgehead atoms. The van der Waals surface area contributed by atoms with Gasteiger partial charge in [0.1, 0.15) is 11.5 Å². The third kappa shape index (κ3) is 5.67. The lowest BCUT2D eigenvalue weighted by Crippen LogP contribution is -2.37. The SMILES string of the molecule is COc1cccc(Oc2c(CN(C[C@@H]3CCCO3)C(=O)c3ccccc3)c(C)nn2-c2ccccc2)c1. The first kappa shape index (κ1) is 24.6. The zero-order valence-corrected chi connectivity index (χ0v) is 21.2. The van der Waals surface area contributed by atoms with Gasteiger partial charge in [0.25, 0.3) is 5.91 Å². The molecule has 7 nitrogen and oxygen atoms in total. The zero-order valence-electron chi connectivity index (χ0n) is 21.2. The van der Waals surface area contributed by atoms with Crippen molar-refractivity contribution < 1.29 is 19.0 Å². The van der Waals surface area contributed by atoms with E-state index in [4.69, 9.17) is 19.3 Å². The molecule has 0 saturated carbocycles. The number of hydrogen-bond donors (Lipinski definition) is 0. The van der Waals surface area contributed by atoms with Gasteiger partial charge < -0.3 is 19.1 Å². The first-order chi connectivity index (χ1) is 18.1. The van der Waals surface area contributed by atoms with Crippen LogP contribution in [-0.2, 0) is 11.3 Å². The number of benzene rings is 3. The maximum absolute atomic E-state index is 13.7.